The van der Waals surface area contributed by atoms with Crippen LogP contribution in [0, 0.1) is 13.8 Å². The molecule has 21 heavy (non-hydrogen) atoms. The van der Waals surface area contributed by atoms with Gasteiger partial charge in [-0.1, -0.05) is 25.1 Å². The van der Waals surface area contributed by atoms with Gasteiger partial charge in [0.15, 0.2) is 0 Å². The molecule has 1 N–H and O–H groups in total. The summed E-state index contributed by atoms with van der Waals surface area (Å²) in [5, 5.41) is 0. The lowest BCUT2D eigenvalue weighted by Gasteiger charge is -2.05. The maximum Gasteiger partial charge on any atom is 0.138 e. The monoisotopic (exact) mass is 280 g/mol. The lowest BCUT2D eigenvalue weighted by atomic mass is 10.1. The summed E-state index contributed by atoms with van der Waals surface area (Å²) in [5.41, 5.74) is 5.62. The number of benzene rings is 2. The van der Waals surface area contributed by atoms with Crippen LogP contribution in [0.4, 0.5) is 0 Å². The molecule has 0 fully saturated rings. The number of ether oxygens (including phenoxy) is 1. The summed E-state index contributed by atoms with van der Waals surface area (Å²) in [5.74, 6) is 1.78. The molecule has 1 heterocycles. The fourth-order valence-corrected chi connectivity index (χ4v) is 2.56. The van der Waals surface area contributed by atoms with Crippen molar-refractivity contribution >= 4 is 11.0 Å². The average molecular weight is 280 g/mol. The summed E-state index contributed by atoms with van der Waals surface area (Å²) in [6.07, 6.45) is 1.01. The van der Waals surface area contributed by atoms with Crippen LogP contribution >= 0.6 is 0 Å². The van der Waals surface area contributed by atoms with Crippen LogP contribution in [-0.2, 0) is 0 Å². The third-order valence-electron chi connectivity index (χ3n) is 3.50. The SMILES string of the molecule is CCCOc1cccc(-c2nc3c(C)cc(C)cc3[nH]2)c1. The maximum absolute atomic E-state index is 5.69. The van der Waals surface area contributed by atoms with Crippen molar-refractivity contribution in [2.24, 2.45) is 0 Å². The Morgan fingerprint density at radius 1 is 1.14 bits per heavy atom. The van der Waals surface area contributed by atoms with E-state index in [9.17, 15) is 0 Å². The molecule has 3 nitrogen and oxygen atoms in total. The minimum Gasteiger partial charge on any atom is -0.494 e. The van der Waals surface area contributed by atoms with Gasteiger partial charge in [0, 0.05) is 5.56 Å². The van der Waals surface area contributed by atoms with Crippen LogP contribution in [-0.4, -0.2) is 16.6 Å². The predicted octanol–water partition coefficient (Wildman–Crippen LogP) is 4.64. The first-order valence-corrected chi connectivity index (χ1v) is 7.37. The molecule has 3 aromatic rings. The molecule has 0 aliphatic rings. The average Bonchev–Trinajstić information content (AvgIpc) is 2.89. The number of hydrogen-bond acceptors (Lipinski definition) is 2. The van der Waals surface area contributed by atoms with E-state index in [1.807, 2.05) is 18.2 Å². The molecule has 0 aliphatic heterocycles. The van der Waals surface area contributed by atoms with Gasteiger partial charge < -0.3 is 9.72 Å². The Balaban J connectivity index is 2.02. The zero-order valence-corrected chi connectivity index (χ0v) is 12.7. The van der Waals surface area contributed by atoms with Gasteiger partial charge in [0.1, 0.15) is 11.6 Å². The van der Waals surface area contributed by atoms with E-state index in [0.29, 0.717) is 0 Å². The van der Waals surface area contributed by atoms with E-state index < -0.39 is 0 Å². The van der Waals surface area contributed by atoms with Crippen LogP contribution in [0.15, 0.2) is 36.4 Å². The standard InChI is InChI=1S/C18H20N2O/c1-4-8-21-15-7-5-6-14(11-15)18-19-16-10-12(2)9-13(3)17(16)20-18/h5-7,9-11H,4,8H2,1-3H3,(H,19,20). The summed E-state index contributed by atoms with van der Waals surface area (Å²) >= 11 is 0. The fourth-order valence-electron chi connectivity index (χ4n) is 2.56. The number of aromatic nitrogens is 2. The van der Waals surface area contributed by atoms with E-state index in [0.717, 1.165) is 41.2 Å². The third kappa shape index (κ3) is 2.77. The number of aromatic amines is 1. The van der Waals surface area contributed by atoms with E-state index >= 15 is 0 Å². The van der Waals surface area contributed by atoms with Gasteiger partial charge in [-0.05, 0) is 49.6 Å². The lowest BCUT2D eigenvalue weighted by Crippen LogP contribution is -1.94. The number of H-pyrrole nitrogens is 1. The number of hydrogen-bond donors (Lipinski definition) is 1. The molecule has 108 valence electrons. The summed E-state index contributed by atoms with van der Waals surface area (Å²) in [6.45, 7) is 7.04. The van der Waals surface area contributed by atoms with Crippen molar-refractivity contribution < 1.29 is 4.74 Å². The maximum atomic E-state index is 5.69. The van der Waals surface area contributed by atoms with Gasteiger partial charge in [0.25, 0.3) is 0 Å². The second kappa shape index (κ2) is 5.60. The molecule has 0 spiro atoms. The first kappa shape index (κ1) is 13.7. The number of fused-ring (bicyclic) bond motifs is 1. The normalized spacial score (nSPS) is 11.0. The van der Waals surface area contributed by atoms with Crippen LogP contribution in [0.25, 0.3) is 22.4 Å². The van der Waals surface area contributed by atoms with Crippen molar-refractivity contribution in [2.45, 2.75) is 27.2 Å². The van der Waals surface area contributed by atoms with E-state index in [1.54, 1.807) is 0 Å². The Bertz CT molecular complexity index is 774. The molecule has 0 radical (unpaired) electrons. The second-order valence-corrected chi connectivity index (χ2v) is 5.44. The van der Waals surface area contributed by atoms with Crippen molar-refractivity contribution in [3.8, 4) is 17.1 Å². The van der Waals surface area contributed by atoms with Gasteiger partial charge in [-0.3, -0.25) is 0 Å². The summed E-state index contributed by atoms with van der Waals surface area (Å²) < 4.78 is 5.69. The molecule has 3 heteroatoms. The zero-order valence-electron chi connectivity index (χ0n) is 12.7. The Hall–Kier alpha value is -2.29. The Morgan fingerprint density at radius 2 is 2.00 bits per heavy atom. The molecule has 0 atom stereocenters. The highest BCUT2D eigenvalue weighted by atomic mass is 16.5. The largest absolute Gasteiger partial charge is 0.494 e. The first-order valence-electron chi connectivity index (χ1n) is 7.37. The number of imidazole rings is 1. The highest BCUT2D eigenvalue weighted by Crippen LogP contribution is 2.26. The van der Waals surface area contributed by atoms with Gasteiger partial charge >= 0.3 is 0 Å². The number of rotatable bonds is 4. The number of nitrogens with one attached hydrogen (secondary N) is 1. The molecule has 2 aromatic carbocycles. The van der Waals surface area contributed by atoms with Crippen molar-refractivity contribution in [2.75, 3.05) is 6.61 Å². The number of nitrogens with zero attached hydrogens (tertiary/aromatic N) is 1. The molecular formula is C18H20N2O. The molecular weight excluding hydrogens is 260 g/mol. The molecule has 0 saturated carbocycles. The van der Waals surface area contributed by atoms with Gasteiger partial charge in [-0.25, -0.2) is 4.98 Å². The minimum atomic E-state index is 0.738. The zero-order chi connectivity index (χ0) is 14.8. The molecule has 0 unspecified atom stereocenters. The Morgan fingerprint density at radius 3 is 2.81 bits per heavy atom. The van der Waals surface area contributed by atoms with Gasteiger partial charge in [-0.15, -0.1) is 0 Å². The molecule has 0 saturated heterocycles. The highest BCUT2D eigenvalue weighted by Gasteiger charge is 2.08. The van der Waals surface area contributed by atoms with Gasteiger partial charge in [-0.2, -0.15) is 0 Å². The summed E-state index contributed by atoms with van der Waals surface area (Å²) in [7, 11) is 0. The molecule has 3 rings (SSSR count). The van der Waals surface area contributed by atoms with Crippen molar-refractivity contribution in [3.63, 3.8) is 0 Å². The van der Waals surface area contributed by atoms with E-state index in [1.165, 1.54) is 11.1 Å². The van der Waals surface area contributed by atoms with Crippen LogP contribution in [0.3, 0.4) is 0 Å². The topological polar surface area (TPSA) is 37.9 Å². The predicted molar refractivity (Wildman–Crippen MR) is 86.8 cm³/mol. The molecule has 1 aromatic heterocycles. The molecule has 0 aliphatic carbocycles. The van der Waals surface area contributed by atoms with Crippen LogP contribution in [0.5, 0.6) is 5.75 Å². The van der Waals surface area contributed by atoms with Crippen LogP contribution in [0.2, 0.25) is 0 Å². The van der Waals surface area contributed by atoms with Gasteiger partial charge in [0.2, 0.25) is 0 Å². The van der Waals surface area contributed by atoms with E-state index in [2.05, 4.69) is 44.0 Å². The molecule has 0 amide bonds. The third-order valence-corrected chi connectivity index (χ3v) is 3.50. The summed E-state index contributed by atoms with van der Waals surface area (Å²) in [6, 6.07) is 12.4. The Labute approximate surface area is 125 Å². The van der Waals surface area contributed by atoms with Crippen LogP contribution in [0.1, 0.15) is 24.5 Å². The Kier molecular flexibility index (Phi) is 3.65. The quantitative estimate of drug-likeness (QED) is 0.756. The van der Waals surface area contributed by atoms with Crippen molar-refractivity contribution in [1.82, 2.24) is 9.97 Å². The van der Waals surface area contributed by atoms with Crippen molar-refractivity contribution in [1.29, 1.82) is 0 Å². The first-order chi connectivity index (χ1) is 10.2. The smallest absolute Gasteiger partial charge is 0.138 e. The van der Waals surface area contributed by atoms with E-state index in [-0.39, 0.29) is 0 Å². The fraction of sp³-hybridized carbons (Fsp3) is 0.278. The number of aryl methyl sites for hydroxylation is 2. The summed E-state index contributed by atoms with van der Waals surface area (Å²) in [4.78, 5) is 8.14. The lowest BCUT2D eigenvalue weighted by molar-refractivity contribution is 0.317. The van der Waals surface area contributed by atoms with Gasteiger partial charge in [0.05, 0.1) is 17.6 Å². The van der Waals surface area contributed by atoms with Crippen molar-refractivity contribution in [3.05, 3.63) is 47.5 Å². The second-order valence-electron chi connectivity index (χ2n) is 5.44. The minimum absolute atomic E-state index is 0.738. The van der Waals surface area contributed by atoms with Crippen LogP contribution < -0.4 is 4.74 Å². The van der Waals surface area contributed by atoms with E-state index in [4.69, 9.17) is 9.72 Å². The molecule has 0 bridgehead atoms. The highest BCUT2D eigenvalue weighted by molar-refractivity contribution is 5.83.